The van der Waals surface area contributed by atoms with Crippen LogP contribution in [0.1, 0.15) is 61.9 Å². The second kappa shape index (κ2) is 14.8. The van der Waals surface area contributed by atoms with Crippen LogP contribution in [0.5, 0.6) is 0 Å². The number of hydrogen-bond donors (Lipinski definition) is 5. The highest BCUT2D eigenvalue weighted by Gasteiger charge is 2.23. The van der Waals surface area contributed by atoms with E-state index in [2.05, 4.69) is 25.9 Å². The lowest BCUT2D eigenvalue weighted by Crippen LogP contribution is -2.25. The van der Waals surface area contributed by atoms with Crippen molar-refractivity contribution in [3.63, 3.8) is 0 Å². The Morgan fingerprint density at radius 3 is 2.46 bits per heavy atom. The number of unbranched alkanes of at least 4 members (excludes halogenated alkanes) is 3. The van der Waals surface area contributed by atoms with Gasteiger partial charge in [0.2, 0.25) is 11.9 Å². The van der Waals surface area contributed by atoms with Crippen molar-refractivity contribution in [1.82, 2.24) is 20.8 Å². The smallest absolute Gasteiger partial charge is 0.251 e. The van der Waals surface area contributed by atoms with Crippen LogP contribution in [-0.2, 0) is 14.6 Å². The summed E-state index contributed by atoms with van der Waals surface area (Å²) in [5.41, 5.74) is 3.91. The maximum Gasteiger partial charge on any atom is 0.251 e. The highest BCUT2D eigenvalue weighted by molar-refractivity contribution is 7.92. The number of nitrogens with one attached hydrogen (secondary N) is 4. The largest absolute Gasteiger partial charge is 0.352 e. The molecule has 13 heteroatoms. The first-order valence-electron chi connectivity index (χ1n) is 13.2. The molecule has 0 spiro atoms. The Labute approximate surface area is 245 Å². The molecule has 0 atom stereocenters. The van der Waals surface area contributed by atoms with E-state index in [4.69, 9.17) is 16.8 Å². The monoisotopic (exact) mass is 602 g/mol. The SMILES string of the molecule is Cc1cc(Nc2ncc(Cl)c(Nc3ccccc3S(=O)(=O)C(C)C)n2)ccc1C(=O)NCCCCCCC(=O)NO. The van der Waals surface area contributed by atoms with Gasteiger partial charge in [-0.15, -0.1) is 0 Å². The van der Waals surface area contributed by atoms with Crippen LogP contribution in [0.3, 0.4) is 0 Å². The van der Waals surface area contributed by atoms with Gasteiger partial charge in [-0.3, -0.25) is 14.8 Å². The molecule has 0 saturated heterocycles. The highest BCUT2D eigenvalue weighted by atomic mass is 35.5. The summed E-state index contributed by atoms with van der Waals surface area (Å²) in [6, 6.07) is 11.8. The summed E-state index contributed by atoms with van der Waals surface area (Å²) >= 11 is 6.32. The van der Waals surface area contributed by atoms with E-state index in [0.29, 0.717) is 29.9 Å². The number of rotatable bonds is 14. The number of nitrogens with zero attached hydrogens (tertiary/aromatic N) is 2. The third kappa shape index (κ3) is 8.87. The van der Waals surface area contributed by atoms with Gasteiger partial charge in [0.05, 0.1) is 22.0 Å². The third-order valence-corrected chi connectivity index (χ3v) is 8.77. The number of halogens is 1. The summed E-state index contributed by atoms with van der Waals surface area (Å²) in [7, 11) is -3.55. The molecule has 41 heavy (non-hydrogen) atoms. The first-order chi connectivity index (χ1) is 19.5. The molecule has 0 aliphatic carbocycles. The van der Waals surface area contributed by atoms with Crippen LogP contribution >= 0.6 is 11.6 Å². The molecular weight excluding hydrogens is 568 g/mol. The van der Waals surface area contributed by atoms with Gasteiger partial charge in [0, 0.05) is 24.2 Å². The minimum Gasteiger partial charge on any atom is -0.352 e. The van der Waals surface area contributed by atoms with Crippen LogP contribution in [0.2, 0.25) is 5.02 Å². The van der Waals surface area contributed by atoms with Gasteiger partial charge in [-0.2, -0.15) is 4.98 Å². The lowest BCUT2D eigenvalue weighted by atomic mass is 10.1. The number of amides is 2. The van der Waals surface area contributed by atoms with Crippen molar-refractivity contribution in [2.75, 3.05) is 17.2 Å². The molecule has 5 N–H and O–H groups in total. The lowest BCUT2D eigenvalue weighted by Gasteiger charge is -2.15. The zero-order valence-corrected chi connectivity index (χ0v) is 24.8. The number of carbonyl (C=O) groups is 2. The van der Waals surface area contributed by atoms with Crippen molar-refractivity contribution in [3.05, 3.63) is 64.8 Å². The van der Waals surface area contributed by atoms with Gasteiger partial charge in [-0.1, -0.05) is 36.6 Å². The summed E-state index contributed by atoms with van der Waals surface area (Å²) in [5.74, 6) is -0.112. The summed E-state index contributed by atoms with van der Waals surface area (Å²) in [4.78, 5) is 32.5. The normalized spacial score (nSPS) is 11.3. The third-order valence-electron chi connectivity index (χ3n) is 6.28. The quantitative estimate of drug-likeness (QED) is 0.0936. The van der Waals surface area contributed by atoms with Gasteiger partial charge in [0.25, 0.3) is 5.91 Å². The molecule has 3 rings (SSSR count). The van der Waals surface area contributed by atoms with Crippen LogP contribution in [0.25, 0.3) is 0 Å². The zero-order valence-electron chi connectivity index (χ0n) is 23.2. The maximum atomic E-state index is 12.8. The number of aryl methyl sites for hydroxylation is 1. The fraction of sp³-hybridized carbons (Fsp3) is 0.357. The van der Waals surface area contributed by atoms with Gasteiger partial charge in [-0.05, 0) is 69.5 Å². The Kier molecular flexibility index (Phi) is 11.4. The van der Waals surface area contributed by atoms with Crippen LogP contribution in [-0.4, -0.2) is 47.2 Å². The molecule has 220 valence electrons. The average Bonchev–Trinajstić information content (AvgIpc) is 2.94. The molecule has 1 heterocycles. The Morgan fingerprint density at radius 1 is 1.02 bits per heavy atom. The molecule has 2 amide bonds. The van der Waals surface area contributed by atoms with E-state index in [1.54, 1.807) is 55.7 Å². The summed E-state index contributed by atoms with van der Waals surface area (Å²) < 4.78 is 25.6. The predicted molar refractivity (Wildman–Crippen MR) is 159 cm³/mol. The Bertz CT molecular complexity index is 1480. The number of hydrogen-bond acceptors (Lipinski definition) is 9. The van der Waals surface area contributed by atoms with Crippen molar-refractivity contribution < 1.29 is 23.2 Å². The van der Waals surface area contributed by atoms with Gasteiger partial charge in [-0.25, -0.2) is 18.9 Å². The van der Waals surface area contributed by atoms with Crippen molar-refractivity contribution >= 4 is 56.4 Å². The van der Waals surface area contributed by atoms with E-state index in [-0.39, 0.29) is 34.0 Å². The first-order valence-corrected chi connectivity index (χ1v) is 15.2. The van der Waals surface area contributed by atoms with Gasteiger partial charge < -0.3 is 16.0 Å². The molecule has 2 aromatic carbocycles. The molecule has 3 aromatic rings. The van der Waals surface area contributed by atoms with Crippen molar-refractivity contribution in [1.29, 1.82) is 0 Å². The molecule has 0 aliphatic heterocycles. The number of benzene rings is 2. The predicted octanol–water partition coefficient (Wildman–Crippen LogP) is 5.29. The first kappa shape index (κ1) is 31.8. The minimum absolute atomic E-state index is 0.149. The number of aromatic nitrogens is 2. The van der Waals surface area contributed by atoms with E-state index in [0.717, 1.165) is 24.8 Å². The standard InChI is InChI=1S/C28H35ClN6O5S/c1-18(2)41(39,40)24-11-8-7-10-23(24)33-26-22(29)17-31-28(34-26)32-20-13-14-21(19(3)16-20)27(37)30-15-9-5-4-6-12-25(36)35-38/h7-8,10-11,13-14,16-18,38H,4-6,9,12,15H2,1-3H3,(H,30,37)(H,35,36)(H2,31,32,33,34). The molecular formula is C28H35ClN6O5S. The highest BCUT2D eigenvalue weighted by Crippen LogP contribution is 2.30. The molecule has 0 fully saturated rings. The number of hydroxylamine groups is 1. The number of carbonyl (C=O) groups excluding carboxylic acids is 2. The van der Waals surface area contributed by atoms with Gasteiger partial charge in [0.15, 0.2) is 15.7 Å². The Hall–Kier alpha value is -3.74. The fourth-order valence-electron chi connectivity index (χ4n) is 3.96. The second-order valence-electron chi connectivity index (χ2n) is 9.71. The minimum atomic E-state index is -3.55. The lowest BCUT2D eigenvalue weighted by molar-refractivity contribution is -0.129. The zero-order chi connectivity index (χ0) is 30.0. The van der Waals surface area contributed by atoms with Crippen LogP contribution in [0.4, 0.5) is 23.1 Å². The van der Waals surface area contributed by atoms with E-state index in [1.807, 2.05) is 6.92 Å². The van der Waals surface area contributed by atoms with E-state index >= 15 is 0 Å². The number of para-hydroxylation sites is 1. The summed E-state index contributed by atoms with van der Waals surface area (Å²) in [6.45, 7) is 5.58. The molecule has 0 unspecified atom stereocenters. The van der Waals surface area contributed by atoms with Crippen LogP contribution in [0.15, 0.2) is 53.6 Å². The fourth-order valence-corrected chi connectivity index (χ4v) is 5.30. The maximum absolute atomic E-state index is 12.8. The van der Waals surface area contributed by atoms with Crippen molar-refractivity contribution in [2.24, 2.45) is 0 Å². The summed E-state index contributed by atoms with van der Waals surface area (Å²) in [5, 5.41) is 17.1. The van der Waals surface area contributed by atoms with E-state index in [1.165, 1.54) is 12.3 Å². The molecule has 1 aromatic heterocycles. The number of sulfone groups is 1. The van der Waals surface area contributed by atoms with Crippen LogP contribution in [0, 0.1) is 6.92 Å². The van der Waals surface area contributed by atoms with Gasteiger partial charge >= 0.3 is 0 Å². The Balaban J connectivity index is 1.62. The number of anilines is 4. The topological polar surface area (TPSA) is 162 Å². The molecule has 0 bridgehead atoms. The van der Waals surface area contributed by atoms with Crippen molar-refractivity contribution in [2.45, 2.75) is 63.0 Å². The molecule has 0 saturated carbocycles. The molecule has 0 radical (unpaired) electrons. The van der Waals surface area contributed by atoms with Crippen molar-refractivity contribution in [3.8, 4) is 0 Å². The average molecular weight is 603 g/mol. The van der Waals surface area contributed by atoms with Crippen LogP contribution < -0.4 is 21.4 Å². The van der Waals surface area contributed by atoms with E-state index in [9.17, 15) is 18.0 Å². The Morgan fingerprint density at radius 2 is 1.76 bits per heavy atom. The second-order valence-corrected chi connectivity index (χ2v) is 12.6. The molecule has 11 nitrogen and oxygen atoms in total. The van der Waals surface area contributed by atoms with E-state index < -0.39 is 21.0 Å². The van der Waals surface area contributed by atoms with Gasteiger partial charge in [0.1, 0.15) is 5.02 Å². The molecule has 0 aliphatic rings. The summed E-state index contributed by atoms with van der Waals surface area (Å²) in [6.07, 6.45) is 4.83.